The number of hydrogen-bond acceptors (Lipinski definition) is 3. The van der Waals surface area contributed by atoms with E-state index in [0.717, 1.165) is 18.9 Å². The molecular formula is C11H16BFO3. The van der Waals surface area contributed by atoms with E-state index in [1.165, 1.54) is 12.1 Å². The van der Waals surface area contributed by atoms with Crippen LogP contribution < -0.4 is 10.2 Å². The Morgan fingerprint density at radius 2 is 1.94 bits per heavy atom. The van der Waals surface area contributed by atoms with E-state index < -0.39 is 12.9 Å². The molecule has 0 fully saturated rings. The molecule has 0 amide bonds. The number of halogens is 1. The van der Waals surface area contributed by atoms with Crippen LogP contribution in [0, 0.1) is 5.82 Å². The summed E-state index contributed by atoms with van der Waals surface area (Å²) in [5.41, 5.74) is 0.0619. The molecule has 1 aromatic carbocycles. The van der Waals surface area contributed by atoms with Gasteiger partial charge in [-0.05, 0) is 31.0 Å². The Balaban J connectivity index is 2.94. The molecule has 0 atom stereocenters. The van der Waals surface area contributed by atoms with E-state index in [4.69, 9.17) is 14.8 Å². The summed E-state index contributed by atoms with van der Waals surface area (Å²) in [7, 11) is -1.72. The highest BCUT2D eigenvalue weighted by molar-refractivity contribution is 6.59. The van der Waals surface area contributed by atoms with Crippen molar-refractivity contribution in [1.29, 1.82) is 0 Å². The lowest BCUT2D eigenvalue weighted by Gasteiger charge is -2.18. The predicted molar refractivity (Wildman–Crippen MR) is 61.2 cm³/mol. The molecule has 2 N–H and O–H groups in total. The molecule has 88 valence electrons. The van der Waals surface area contributed by atoms with E-state index in [9.17, 15) is 4.39 Å². The minimum atomic E-state index is -1.72. The topological polar surface area (TPSA) is 49.7 Å². The Bertz CT molecular complexity index is 340. The first kappa shape index (κ1) is 13.0. The summed E-state index contributed by atoms with van der Waals surface area (Å²) in [6.07, 6.45) is 1.63. The molecule has 0 unspecified atom stereocenters. The van der Waals surface area contributed by atoms with Crippen molar-refractivity contribution >= 4 is 12.6 Å². The van der Waals surface area contributed by atoms with Gasteiger partial charge in [0.1, 0.15) is 11.6 Å². The summed E-state index contributed by atoms with van der Waals surface area (Å²) in [6, 6.07) is 3.73. The highest BCUT2D eigenvalue weighted by Gasteiger charge is 2.19. The summed E-state index contributed by atoms with van der Waals surface area (Å²) >= 11 is 0. The molecule has 1 rings (SSSR count). The number of hydrogen-bond donors (Lipinski definition) is 2. The van der Waals surface area contributed by atoms with Gasteiger partial charge in [-0.2, -0.15) is 0 Å². The number of ether oxygens (including phenoxy) is 1. The molecule has 1 aromatic rings. The molecule has 5 heteroatoms. The monoisotopic (exact) mass is 226 g/mol. The molecule has 0 radical (unpaired) electrons. The lowest BCUT2D eigenvalue weighted by Crippen LogP contribution is -2.33. The molecule has 0 saturated heterocycles. The Hall–Kier alpha value is -1.07. The zero-order valence-corrected chi connectivity index (χ0v) is 9.48. The standard InChI is InChI=1S/C11H16BFO3/c1-3-9(4-2)16-11-6-5-8(13)7-10(11)12(14)15/h5-7,9,14-15H,3-4H2,1-2H3. The van der Waals surface area contributed by atoms with Gasteiger partial charge in [-0.1, -0.05) is 13.8 Å². The lowest BCUT2D eigenvalue weighted by atomic mass is 9.79. The van der Waals surface area contributed by atoms with Crippen molar-refractivity contribution in [2.75, 3.05) is 0 Å². The molecule has 0 aliphatic carbocycles. The third-order valence-electron chi connectivity index (χ3n) is 2.45. The number of benzene rings is 1. The van der Waals surface area contributed by atoms with Crippen LogP contribution in [-0.2, 0) is 0 Å². The summed E-state index contributed by atoms with van der Waals surface area (Å²) < 4.78 is 18.5. The third-order valence-corrected chi connectivity index (χ3v) is 2.45. The lowest BCUT2D eigenvalue weighted by molar-refractivity contribution is 0.194. The van der Waals surface area contributed by atoms with Crippen molar-refractivity contribution in [1.82, 2.24) is 0 Å². The minimum absolute atomic E-state index is 0.00274. The van der Waals surface area contributed by atoms with Gasteiger partial charge in [0.05, 0.1) is 6.10 Å². The van der Waals surface area contributed by atoms with Crippen LogP contribution in [0.15, 0.2) is 18.2 Å². The largest absolute Gasteiger partial charge is 0.492 e. The highest BCUT2D eigenvalue weighted by Crippen LogP contribution is 2.14. The van der Waals surface area contributed by atoms with Crippen molar-refractivity contribution in [3.8, 4) is 5.75 Å². The molecule has 0 heterocycles. The fourth-order valence-electron chi connectivity index (χ4n) is 1.46. The maximum Gasteiger partial charge on any atom is 0.492 e. The first-order valence-electron chi connectivity index (χ1n) is 5.40. The van der Waals surface area contributed by atoms with Crippen molar-refractivity contribution in [3.05, 3.63) is 24.0 Å². The van der Waals surface area contributed by atoms with Gasteiger partial charge in [-0.25, -0.2) is 4.39 Å². The quantitative estimate of drug-likeness (QED) is 0.738. The average molecular weight is 226 g/mol. The number of rotatable bonds is 5. The van der Waals surface area contributed by atoms with Crippen LogP contribution in [0.3, 0.4) is 0 Å². The molecule has 0 aromatic heterocycles. The second kappa shape index (κ2) is 5.87. The van der Waals surface area contributed by atoms with E-state index in [-0.39, 0.29) is 11.6 Å². The average Bonchev–Trinajstić information content (AvgIpc) is 2.27. The van der Waals surface area contributed by atoms with E-state index in [1.54, 1.807) is 0 Å². The molecule has 0 bridgehead atoms. The van der Waals surface area contributed by atoms with Crippen molar-refractivity contribution in [2.45, 2.75) is 32.8 Å². The van der Waals surface area contributed by atoms with E-state index in [0.29, 0.717) is 5.75 Å². The fourth-order valence-corrected chi connectivity index (χ4v) is 1.46. The van der Waals surface area contributed by atoms with Gasteiger partial charge in [-0.3, -0.25) is 0 Å². The summed E-state index contributed by atoms with van der Waals surface area (Å²) in [6.45, 7) is 3.96. The second-order valence-electron chi connectivity index (χ2n) is 3.61. The Morgan fingerprint density at radius 3 is 2.44 bits per heavy atom. The highest BCUT2D eigenvalue weighted by atomic mass is 19.1. The second-order valence-corrected chi connectivity index (χ2v) is 3.61. The minimum Gasteiger partial charge on any atom is -0.491 e. The molecule has 16 heavy (non-hydrogen) atoms. The smallest absolute Gasteiger partial charge is 0.491 e. The molecule has 3 nitrogen and oxygen atoms in total. The van der Waals surface area contributed by atoms with Gasteiger partial charge in [0.15, 0.2) is 0 Å². The van der Waals surface area contributed by atoms with Crippen LogP contribution in [0.1, 0.15) is 26.7 Å². The van der Waals surface area contributed by atoms with Gasteiger partial charge >= 0.3 is 7.12 Å². The Labute approximate surface area is 95.0 Å². The van der Waals surface area contributed by atoms with Gasteiger partial charge in [-0.15, -0.1) is 0 Å². The molecule has 0 saturated carbocycles. The van der Waals surface area contributed by atoms with Crippen LogP contribution in [-0.4, -0.2) is 23.3 Å². The van der Waals surface area contributed by atoms with E-state index in [1.807, 2.05) is 13.8 Å². The van der Waals surface area contributed by atoms with Gasteiger partial charge in [0.25, 0.3) is 0 Å². The van der Waals surface area contributed by atoms with Gasteiger partial charge in [0.2, 0.25) is 0 Å². The Kier molecular flexibility index (Phi) is 4.77. The zero-order valence-electron chi connectivity index (χ0n) is 9.48. The summed E-state index contributed by atoms with van der Waals surface area (Å²) in [5.74, 6) is -0.190. The van der Waals surface area contributed by atoms with Crippen molar-refractivity contribution < 1.29 is 19.2 Å². The van der Waals surface area contributed by atoms with Crippen molar-refractivity contribution in [2.24, 2.45) is 0 Å². The first-order valence-corrected chi connectivity index (χ1v) is 5.40. The van der Waals surface area contributed by atoms with Crippen LogP contribution in [0.4, 0.5) is 4.39 Å². The van der Waals surface area contributed by atoms with Crippen LogP contribution in [0.25, 0.3) is 0 Å². The van der Waals surface area contributed by atoms with Crippen LogP contribution in [0.5, 0.6) is 5.75 Å². The zero-order chi connectivity index (χ0) is 12.1. The molecular weight excluding hydrogens is 210 g/mol. The maximum absolute atomic E-state index is 12.9. The molecule has 0 spiro atoms. The van der Waals surface area contributed by atoms with Gasteiger partial charge < -0.3 is 14.8 Å². The fraction of sp³-hybridized carbons (Fsp3) is 0.455. The third kappa shape index (κ3) is 3.22. The van der Waals surface area contributed by atoms with Crippen LogP contribution >= 0.6 is 0 Å². The van der Waals surface area contributed by atoms with E-state index >= 15 is 0 Å². The summed E-state index contributed by atoms with van der Waals surface area (Å²) in [5, 5.41) is 18.2. The van der Waals surface area contributed by atoms with Crippen molar-refractivity contribution in [3.63, 3.8) is 0 Å². The Morgan fingerprint density at radius 1 is 1.31 bits per heavy atom. The van der Waals surface area contributed by atoms with Crippen LogP contribution in [0.2, 0.25) is 0 Å². The first-order chi connectivity index (χ1) is 7.58. The normalized spacial score (nSPS) is 10.6. The molecule has 0 aliphatic heterocycles. The van der Waals surface area contributed by atoms with E-state index in [2.05, 4.69) is 0 Å². The maximum atomic E-state index is 12.9. The SMILES string of the molecule is CCC(CC)Oc1ccc(F)cc1B(O)O. The molecule has 0 aliphatic rings. The predicted octanol–water partition coefficient (Wildman–Crippen LogP) is 1.07. The van der Waals surface area contributed by atoms with Gasteiger partial charge in [0, 0.05) is 5.46 Å². The summed E-state index contributed by atoms with van der Waals surface area (Å²) in [4.78, 5) is 0.